The summed E-state index contributed by atoms with van der Waals surface area (Å²) in [4.78, 5) is 4.92. The minimum Gasteiger partial charge on any atom is -0.304 e. The maximum atomic E-state index is 5.27. The van der Waals surface area contributed by atoms with Crippen molar-refractivity contribution in [1.82, 2.24) is 0 Å². The lowest BCUT2D eigenvalue weighted by molar-refractivity contribution is 0.0846. The predicted octanol–water partition coefficient (Wildman–Crippen LogP) is 3.15. The lowest BCUT2D eigenvalue weighted by Crippen LogP contribution is -2.30. The topological polar surface area (TPSA) is 35.2 Å². The van der Waals surface area contributed by atoms with Crippen molar-refractivity contribution in [2.24, 2.45) is 5.90 Å². The zero-order valence-electron chi connectivity index (χ0n) is 8.71. The van der Waals surface area contributed by atoms with Crippen molar-refractivity contribution in [3.63, 3.8) is 0 Å². The summed E-state index contributed by atoms with van der Waals surface area (Å²) in [5.41, 5.74) is 1.47. The monoisotopic (exact) mass is 269 g/mol. The van der Waals surface area contributed by atoms with Crippen LogP contribution >= 0.6 is 15.9 Å². The first-order valence-corrected chi connectivity index (χ1v) is 6.14. The van der Waals surface area contributed by atoms with Gasteiger partial charge in [-0.1, -0.05) is 47.0 Å². The largest absolute Gasteiger partial charge is 0.304 e. The third-order valence-corrected chi connectivity index (χ3v) is 4.06. The normalized spacial score (nSPS) is 19.3. The molecule has 1 fully saturated rings. The Balaban J connectivity index is 2.36. The number of rotatable bonds is 3. The molecule has 82 valence electrons. The highest BCUT2D eigenvalue weighted by molar-refractivity contribution is 9.10. The highest BCUT2D eigenvalue weighted by Gasteiger charge is 2.37. The fourth-order valence-corrected chi connectivity index (χ4v) is 3.30. The van der Waals surface area contributed by atoms with E-state index < -0.39 is 0 Å². The Hall–Kier alpha value is -0.380. The van der Waals surface area contributed by atoms with Crippen LogP contribution in [-0.4, -0.2) is 6.61 Å². The lowest BCUT2D eigenvalue weighted by atomic mass is 9.80. The highest BCUT2D eigenvalue weighted by atomic mass is 79.9. The van der Waals surface area contributed by atoms with E-state index in [-0.39, 0.29) is 5.41 Å². The van der Waals surface area contributed by atoms with Crippen molar-refractivity contribution in [2.45, 2.75) is 31.1 Å². The summed E-state index contributed by atoms with van der Waals surface area (Å²) in [6.07, 6.45) is 4.88. The van der Waals surface area contributed by atoms with E-state index in [9.17, 15) is 0 Å². The SMILES string of the molecule is NOCC1(c2ccccc2Br)CCCC1. The highest BCUT2D eigenvalue weighted by Crippen LogP contribution is 2.43. The molecule has 2 rings (SSSR count). The minimum absolute atomic E-state index is 0.134. The Morgan fingerprint density at radius 3 is 2.53 bits per heavy atom. The molecule has 0 amide bonds. The van der Waals surface area contributed by atoms with Gasteiger partial charge in [0.15, 0.2) is 0 Å². The Kier molecular flexibility index (Phi) is 3.44. The Bertz CT molecular complexity index is 334. The molecule has 0 aliphatic heterocycles. The number of halogens is 1. The van der Waals surface area contributed by atoms with Gasteiger partial charge in [0.1, 0.15) is 0 Å². The molecule has 1 aromatic carbocycles. The first kappa shape index (κ1) is 11.1. The van der Waals surface area contributed by atoms with Gasteiger partial charge >= 0.3 is 0 Å². The molecule has 0 spiro atoms. The molecule has 0 saturated heterocycles. The molecule has 0 atom stereocenters. The molecular formula is C12H16BrNO. The van der Waals surface area contributed by atoms with Crippen LogP contribution in [0.2, 0.25) is 0 Å². The molecule has 0 aromatic heterocycles. The lowest BCUT2D eigenvalue weighted by Gasteiger charge is -2.29. The van der Waals surface area contributed by atoms with E-state index in [1.807, 2.05) is 6.07 Å². The summed E-state index contributed by atoms with van der Waals surface area (Å²) in [5, 5.41) is 0. The third-order valence-electron chi connectivity index (χ3n) is 3.37. The van der Waals surface area contributed by atoms with Gasteiger partial charge in [0.05, 0.1) is 6.61 Å². The average Bonchev–Trinajstić information content (AvgIpc) is 2.69. The number of hydrogen-bond acceptors (Lipinski definition) is 2. The van der Waals surface area contributed by atoms with Crippen LogP contribution in [0.15, 0.2) is 28.7 Å². The van der Waals surface area contributed by atoms with Gasteiger partial charge in [-0.15, -0.1) is 0 Å². The van der Waals surface area contributed by atoms with Gasteiger partial charge in [0.25, 0.3) is 0 Å². The van der Waals surface area contributed by atoms with E-state index in [0.717, 1.165) is 0 Å². The van der Waals surface area contributed by atoms with Gasteiger partial charge < -0.3 is 4.84 Å². The molecule has 0 unspecified atom stereocenters. The van der Waals surface area contributed by atoms with E-state index in [1.165, 1.54) is 35.7 Å². The van der Waals surface area contributed by atoms with Gasteiger partial charge in [0.2, 0.25) is 0 Å². The summed E-state index contributed by atoms with van der Waals surface area (Å²) >= 11 is 3.62. The first-order valence-electron chi connectivity index (χ1n) is 5.35. The fraction of sp³-hybridized carbons (Fsp3) is 0.500. The Morgan fingerprint density at radius 1 is 1.27 bits per heavy atom. The van der Waals surface area contributed by atoms with Crippen LogP contribution in [0.1, 0.15) is 31.2 Å². The van der Waals surface area contributed by atoms with Crippen LogP contribution < -0.4 is 5.90 Å². The average molecular weight is 270 g/mol. The van der Waals surface area contributed by atoms with Crippen molar-refractivity contribution in [3.8, 4) is 0 Å². The Labute approximate surface area is 98.9 Å². The first-order chi connectivity index (χ1) is 7.28. The van der Waals surface area contributed by atoms with Gasteiger partial charge in [-0.25, -0.2) is 5.90 Å². The van der Waals surface area contributed by atoms with E-state index in [2.05, 4.69) is 34.1 Å². The summed E-state index contributed by atoms with van der Waals surface area (Å²) in [6.45, 7) is 0.621. The fourth-order valence-electron chi connectivity index (χ4n) is 2.59. The molecule has 2 N–H and O–H groups in total. The maximum Gasteiger partial charge on any atom is 0.0776 e. The molecule has 1 aliphatic carbocycles. The molecule has 1 aromatic rings. The van der Waals surface area contributed by atoms with E-state index in [4.69, 9.17) is 10.7 Å². The van der Waals surface area contributed by atoms with Crippen molar-refractivity contribution in [3.05, 3.63) is 34.3 Å². The van der Waals surface area contributed by atoms with E-state index in [1.54, 1.807) is 0 Å². The molecule has 15 heavy (non-hydrogen) atoms. The molecule has 2 nitrogen and oxygen atoms in total. The molecule has 3 heteroatoms. The van der Waals surface area contributed by atoms with E-state index >= 15 is 0 Å². The van der Waals surface area contributed by atoms with Crippen molar-refractivity contribution < 1.29 is 4.84 Å². The van der Waals surface area contributed by atoms with E-state index in [0.29, 0.717) is 6.61 Å². The molecule has 1 aliphatic rings. The summed E-state index contributed by atoms with van der Waals surface area (Å²) in [5.74, 6) is 5.27. The second-order valence-corrected chi connectivity index (χ2v) is 5.13. The Morgan fingerprint density at radius 2 is 1.93 bits per heavy atom. The maximum absolute atomic E-state index is 5.27. The smallest absolute Gasteiger partial charge is 0.0776 e. The van der Waals surface area contributed by atoms with Crippen LogP contribution in [0.25, 0.3) is 0 Å². The minimum atomic E-state index is 0.134. The van der Waals surface area contributed by atoms with Crippen LogP contribution in [0.3, 0.4) is 0 Å². The summed E-state index contributed by atoms with van der Waals surface area (Å²) in [6, 6.07) is 8.39. The third kappa shape index (κ3) is 2.10. The summed E-state index contributed by atoms with van der Waals surface area (Å²) < 4.78 is 1.17. The molecular weight excluding hydrogens is 254 g/mol. The predicted molar refractivity (Wildman–Crippen MR) is 64.4 cm³/mol. The second-order valence-electron chi connectivity index (χ2n) is 4.28. The molecule has 0 heterocycles. The van der Waals surface area contributed by atoms with Crippen LogP contribution in [-0.2, 0) is 10.3 Å². The van der Waals surface area contributed by atoms with Crippen molar-refractivity contribution in [1.29, 1.82) is 0 Å². The van der Waals surface area contributed by atoms with Crippen molar-refractivity contribution in [2.75, 3.05) is 6.61 Å². The summed E-state index contributed by atoms with van der Waals surface area (Å²) in [7, 11) is 0. The van der Waals surface area contributed by atoms with Gasteiger partial charge in [-0.05, 0) is 24.5 Å². The number of benzene rings is 1. The standard InChI is InChI=1S/C12H16BrNO/c13-11-6-2-1-5-10(11)12(9-15-14)7-3-4-8-12/h1-2,5-6H,3-4,7-9,14H2. The molecule has 1 saturated carbocycles. The number of nitrogens with two attached hydrogens (primary N) is 1. The van der Waals surface area contributed by atoms with Gasteiger partial charge in [-0.2, -0.15) is 0 Å². The zero-order valence-corrected chi connectivity index (χ0v) is 10.3. The van der Waals surface area contributed by atoms with Crippen LogP contribution in [0.5, 0.6) is 0 Å². The van der Waals surface area contributed by atoms with Crippen LogP contribution in [0.4, 0.5) is 0 Å². The molecule has 0 radical (unpaired) electrons. The van der Waals surface area contributed by atoms with Crippen molar-refractivity contribution >= 4 is 15.9 Å². The molecule has 0 bridgehead atoms. The van der Waals surface area contributed by atoms with Gasteiger partial charge in [0, 0.05) is 9.89 Å². The van der Waals surface area contributed by atoms with Gasteiger partial charge in [-0.3, -0.25) is 0 Å². The zero-order chi connectivity index (χ0) is 10.7. The number of hydrogen-bond donors (Lipinski definition) is 1. The second kappa shape index (κ2) is 4.64. The quantitative estimate of drug-likeness (QED) is 0.856. The van der Waals surface area contributed by atoms with Crippen LogP contribution in [0, 0.1) is 0 Å².